The molecule has 0 saturated heterocycles. The minimum absolute atomic E-state index is 0.101. The molecule has 3 aromatic rings. The average molecular weight is 438 g/mol. The third-order valence-electron chi connectivity index (χ3n) is 7.06. The van der Waals surface area contributed by atoms with Crippen molar-refractivity contribution in [2.24, 2.45) is 0 Å². The van der Waals surface area contributed by atoms with Gasteiger partial charge in [-0.15, -0.1) is 0 Å². The number of nitrogens with one attached hydrogen (secondary N) is 1. The second kappa shape index (κ2) is 8.19. The van der Waals surface area contributed by atoms with Gasteiger partial charge in [-0.2, -0.15) is 0 Å². The van der Waals surface area contributed by atoms with Gasteiger partial charge in [0.15, 0.2) is 5.58 Å². The Kier molecular flexibility index (Phi) is 5.35. The zero-order valence-corrected chi connectivity index (χ0v) is 18.9. The minimum atomic E-state index is -1.05. The van der Waals surface area contributed by atoms with Crippen molar-refractivity contribution in [3.8, 4) is 0 Å². The Hall–Kier alpha value is -2.96. The third-order valence-corrected chi connectivity index (χ3v) is 7.06. The highest BCUT2D eigenvalue weighted by molar-refractivity contribution is 6.03. The van der Waals surface area contributed by atoms with Gasteiger partial charge in [-0.3, -0.25) is 9.59 Å². The van der Waals surface area contributed by atoms with E-state index in [2.05, 4.69) is 5.32 Å². The number of aryl methyl sites for hydroxylation is 1. The lowest BCUT2D eigenvalue weighted by atomic mass is 9.92. The number of fused-ring (bicyclic) bond motifs is 3. The van der Waals surface area contributed by atoms with E-state index in [1.165, 1.54) is 19.3 Å². The van der Waals surface area contributed by atoms with Crippen molar-refractivity contribution in [3.05, 3.63) is 47.7 Å². The van der Waals surface area contributed by atoms with Gasteiger partial charge in [-0.05, 0) is 38.8 Å². The Morgan fingerprint density at radius 1 is 1.19 bits per heavy atom. The molecule has 1 saturated carbocycles. The molecule has 1 aliphatic heterocycles. The van der Waals surface area contributed by atoms with Crippen LogP contribution in [-0.2, 0) is 17.9 Å². The number of furan rings is 2. The first kappa shape index (κ1) is 20.9. The summed E-state index contributed by atoms with van der Waals surface area (Å²) in [5, 5.41) is 3.30. The maximum Gasteiger partial charge on any atom is 0.272 e. The molecular weight excluding hydrogens is 406 g/mol. The predicted octanol–water partition coefficient (Wildman–Crippen LogP) is 4.78. The van der Waals surface area contributed by atoms with E-state index in [9.17, 15) is 9.59 Å². The van der Waals surface area contributed by atoms with E-state index in [0.29, 0.717) is 23.6 Å². The Morgan fingerprint density at radius 3 is 2.66 bits per heavy atom. The third kappa shape index (κ3) is 3.63. The molecule has 0 radical (unpaired) electrons. The molecule has 2 amide bonds. The first-order chi connectivity index (χ1) is 15.5. The summed E-state index contributed by atoms with van der Waals surface area (Å²) in [6.07, 6.45) is 9.56. The summed E-state index contributed by atoms with van der Waals surface area (Å²) in [5.41, 5.74) is 1.03. The quantitative estimate of drug-likeness (QED) is 0.637. The summed E-state index contributed by atoms with van der Waals surface area (Å²) in [7, 11) is 0. The van der Waals surface area contributed by atoms with Crippen LogP contribution < -0.4 is 5.32 Å². The lowest BCUT2D eigenvalue weighted by molar-refractivity contribution is -0.134. The van der Waals surface area contributed by atoms with Crippen molar-refractivity contribution in [1.29, 1.82) is 0 Å². The molecule has 1 unspecified atom stereocenters. The van der Waals surface area contributed by atoms with Gasteiger partial charge in [0.05, 0.1) is 24.9 Å². The highest BCUT2D eigenvalue weighted by Gasteiger charge is 2.48. The maximum absolute atomic E-state index is 13.8. The number of aromatic nitrogens is 1. The normalized spacial score (nSPS) is 22.6. The second-order valence-electron chi connectivity index (χ2n) is 9.48. The molecule has 1 fully saturated rings. The number of carbonyl (C=O) groups is 2. The predicted molar refractivity (Wildman–Crippen MR) is 120 cm³/mol. The van der Waals surface area contributed by atoms with Gasteiger partial charge in [0, 0.05) is 18.2 Å². The molecule has 1 atom stereocenters. The van der Waals surface area contributed by atoms with Crippen LogP contribution in [0.25, 0.3) is 11.1 Å². The first-order valence-corrected chi connectivity index (χ1v) is 11.7. The summed E-state index contributed by atoms with van der Waals surface area (Å²) < 4.78 is 13.2. The Labute approximate surface area is 187 Å². The summed E-state index contributed by atoms with van der Waals surface area (Å²) in [5.74, 6) is 1.15. The molecule has 7 heteroatoms. The van der Waals surface area contributed by atoms with Gasteiger partial charge in [0.1, 0.15) is 22.8 Å². The van der Waals surface area contributed by atoms with Crippen LogP contribution in [-0.4, -0.2) is 32.9 Å². The van der Waals surface area contributed by atoms with Crippen molar-refractivity contribution in [2.75, 3.05) is 0 Å². The summed E-state index contributed by atoms with van der Waals surface area (Å²) >= 11 is 0. The smallest absolute Gasteiger partial charge is 0.272 e. The van der Waals surface area contributed by atoms with Gasteiger partial charge in [0.2, 0.25) is 5.91 Å². The molecule has 0 bridgehead atoms. The van der Waals surface area contributed by atoms with Gasteiger partial charge < -0.3 is 23.6 Å². The molecule has 1 aliphatic carbocycles. The minimum Gasteiger partial charge on any atom is -0.467 e. The van der Waals surface area contributed by atoms with Gasteiger partial charge in [-0.1, -0.05) is 32.1 Å². The summed E-state index contributed by atoms with van der Waals surface area (Å²) in [4.78, 5) is 29.1. The van der Waals surface area contributed by atoms with Crippen LogP contribution in [0.1, 0.15) is 73.9 Å². The van der Waals surface area contributed by atoms with E-state index in [0.717, 1.165) is 37.0 Å². The Balaban J connectivity index is 1.50. The standard InChI is InChI=1S/C25H31N3O4/c1-17-13-20-22(32-17)14-21-23(29)28(15-19-11-8-12-31-19)25(2,16-27(20)21)24(30)26-18-9-6-4-3-5-7-10-18/h8,11-14,18H,3-7,9-10,15-16H2,1-2H3,(H,26,30). The van der Waals surface area contributed by atoms with Gasteiger partial charge in [-0.25, -0.2) is 0 Å². The second-order valence-corrected chi connectivity index (χ2v) is 9.48. The molecule has 0 spiro atoms. The number of hydrogen-bond acceptors (Lipinski definition) is 4. The number of amides is 2. The summed E-state index contributed by atoms with van der Waals surface area (Å²) in [6, 6.07) is 7.51. The van der Waals surface area contributed by atoms with Crippen molar-refractivity contribution in [1.82, 2.24) is 14.8 Å². The van der Waals surface area contributed by atoms with Crippen molar-refractivity contribution in [2.45, 2.75) is 83.5 Å². The molecule has 3 aromatic heterocycles. The number of carbonyl (C=O) groups excluding carboxylic acids is 2. The zero-order chi connectivity index (χ0) is 22.3. The van der Waals surface area contributed by atoms with E-state index in [1.54, 1.807) is 23.3 Å². The van der Waals surface area contributed by atoms with Crippen molar-refractivity contribution in [3.63, 3.8) is 0 Å². The topological polar surface area (TPSA) is 80.6 Å². The lowest BCUT2D eigenvalue weighted by Gasteiger charge is -2.44. The highest BCUT2D eigenvalue weighted by Crippen LogP contribution is 2.35. The largest absolute Gasteiger partial charge is 0.467 e. The molecule has 1 N–H and O–H groups in total. The lowest BCUT2D eigenvalue weighted by Crippen LogP contribution is -2.64. The molecule has 170 valence electrons. The fourth-order valence-corrected chi connectivity index (χ4v) is 5.21. The highest BCUT2D eigenvalue weighted by atomic mass is 16.3. The zero-order valence-electron chi connectivity index (χ0n) is 18.9. The number of hydrogen-bond donors (Lipinski definition) is 1. The monoisotopic (exact) mass is 437 g/mol. The molecule has 5 rings (SSSR count). The number of nitrogens with zero attached hydrogens (tertiary/aromatic N) is 2. The van der Waals surface area contributed by atoms with Crippen LogP contribution in [0.4, 0.5) is 0 Å². The first-order valence-electron chi connectivity index (χ1n) is 11.7. The van der Waals surface area contributed by atoms with Crippen molar-refractivity contribution >= 4 is 22.9 Å². The molecule has 0 aromatic carbocycles. The van der Waals surface area contributed by atoms with Gasteiger partial charge in [0.25, 0.3) is 5.91 Å². The molecular formula is C25H31N3O4. The fourth-order valence-electron chi connectivity index (χ4n) is 5.21. The van der Waals surface area contributed by atoms with Crippen LogP contribution in [0.5, 0.6) is 0 Å². The van der Waals surface area contributed by atoms with E-state index in [1.807, 2.05) is 30.5 Å². The molecule has 2 aliphatic rings. The fraction of sp³-hybridized carbons (Fsp3) is 0.520. The van der Waals surface area contributed by atoms with E-state index < -0.39 is 5.54 Å². The van der Waals surface area contributed by atoms with Gasteiger partial charge >= 0.3 is 0 Å². The van der Waals surface area contributed by atoms with E-state index in [-0.39, 0.29) is 24.4 Å². The van der Waals surface area contributed by atoms with Crippen LogP contribution in [0.2, 0.25) is 0 Å². The maximum atomic E-state index is 13.8. The van der Waals surface area contributed by atoms with Crippen LogP contribution in [0.15, 0.2) is 39.4 Å². The SMILES string of the molecule is Cc1cc2c(cc3n2CC(C)(C(=O)NC2CCCCCCC2)N(Cc2ccco2)C3=O)o1. The molecule has 4 heterocycles. The Morgan fingerprint density at radius 2 is 1.94 bits per heavy atom. The average Bonchev–Trinajstić information content (AvgIpc) is 3.44. The van der Waals surface area contributed by atoms with E-state index in [4.69, 9.17) is 8.83 Å². The molecule has 32 heavy (non-hydrogen) atoms. The van der Waals surface area contributed by atoms with E-state index >= 15 is 0 Å². The Bertz CT molecular complexity index is 1120. The van der Waals surface area contributed by atoms with Crippen LogP contribution >= 0.6 is 0 Å². The summed E-state index contributed by atoms with van der Waals surface area (Å²) in [6.45, 7) is 4.37. The molecule has 7 nitrogen and oxygen atoms in total. The number of rotatable bonds is 4. The van der Waals surface area contributed by atoms with Crippen LogP contribution in [0.3, 0.4) is 0 Å². The van der Waals surface area contributed by atoms with Crippen molar-refractivity contribution < 1.29 is 18.4 Å². The van der Waals surface area contributed by atoms with Crippen LogP contribution in [0, 0.1) is 6.92 Å².